The number of nitrogens with zero attached hydrogens (tertiary/aromatic N) is 3. The van der Waals surface area contributed by atoms with E-state index < -0.39 is 6.04 Å². The van der Waals surface area contributed by atoms with Gasteiger partial charge in [-0.3, -0.25) is 4.90 Å². The number of hydrogen-bond donors (Lipinski definition) is 2. The quantitative estimate of drug-likeness (QED) is 0.438. The molecule has 0 radical (unpaired) electrons. The average Bonchev–Trinajstić information content (AvgIpc) is 3.34. The van der Waals surface area contributed by atoms with E-state index in [1.807, 2.05) is 38.1 Å². The maximum Gasteiger partial charge on any atom is 0.322 e. The lowest BCUT2D eigenvalue weighted by molar-refractivity contribution is 0.204. The van der Waals surface area contributed by atoms with Gasteiger partial charge >= 0.3 is 6.03 Å². The maximum absolute atomic E-state index is 13.0. The Morgan fingerprint density at radius 3 is 2.60 bits per heavy atom. The second kappa shape index (κ2) is 10.5. The van der Waals surface area contributed by atoms with Gasteiger partial charge in [0.1, 0.15) is 5.75 Å². The third kappa shape index (κ3) is 4.94. The zero-order valence-corrected chi connectivity index (χ0v) is 20.4. The van der Waals surface area contributed by atoms with Crippen molar-refractivity contribution in [3.63, 3.8) is 0 Å². The molecule has 1 aliphatic rings. The van der Waals surface area contributed by atoms with Crippen LogP contribution in [0.4, 0.5) is 4.79 Å². The number of unbranched alkanes of at least 4 members (excludes halogenated alkanes) is 1. The molecule has 1 unspecified atom stereocenters. The number of hydrogen-bond acceptors (Lipinski definition) is 7. The fourth-order valence-electron chi connectivity index (χ4n) is 4.10. The molecule has 0 spiro atoms. The summed E-state index contributed by atoms with van der Waals surface area (Å²) in [5.74, 6) is 1.81. The minimum Gasteiger partial charge on any atom is -0.504 e. The fraction of sp³-hybridized carbons (Fsp3) is 0.346. The van der Waals surface area contributed by atoms with E-state index >= 15 is 0 Å². The molecule has 1 atom stereocenters. The van der Waals surface area contributed by atoms with E-state index in [0.29, 0.717) is 41.8 Å². The largest absolute Gasteiger partial charge is 0.504 e. The van der Waals surface area contributed by atoms with E-state index in [1.165, 1.54) is 7.11 Å². The molecule has 184 valence electrons. The molecular weight excluding hydrogens is 448 g/mol. The molecular formula is C26H30N4O5. The minimum absolute atomic E-state index is 0.0229. The summed E-state index contributed by atoms with van der Waals surface area (Å²) in [5, 5.41) is 17.6. The second-order valence-corrected chi connectivity index (χ2v) is 8.20. The normalized spacial score (nSPS) is 15.8. The summed E-state index contributed by atoms with van der Waals surface area (Å²) in [6.45, 7) is 7.04. The Kier molecular flexibility index (Phi) is 7.24. The molecule has 0 aliphatic carbocycles. The van der Waals surface area contributed by atoms with Crippen molar-refractivity contribution in [1.29, 1.82) is 0 Å². The van der Waals surface area contributed by atoms with Crippen LogP contribution in [0.2, 0.25) is 0 Å². The first-order valence-corrected chi connectivity index (χ1v) is 11.7. The second-order valence-electron chi connectivity index (χ2n) is 8.20. The Morgan fingerprint density at radius 1 is 1.17 bits per heavy atom. The Bertz CT molecular complexity index is 1220. The minimum atomic E-state index is -0.592. The Hall–Kier alpha value is -4.01. The molecule has 3 aromatic rings. The molecule has 0 saturated carbocycles. The van der Waals surface area contributed by atoms with Gasteiger partial charge in [-0.25, -0.2) is 4.79 Å². The lowest BCUT2D eigenvalue weighted by Crippen LogP contribution is -2.46. The van der Waals surface area contributed by atoms with Crippen molar-refractivity contribution in [2.75, 3.05) is 20.3 Å². The van der Waals surface area contributed by atoms with Crippen molar-refractivity contribution >= 4 is 11.6 Å². The van der Waals surface area contributed by atoms with Crippen LogP contribution in [0.15, 0.2) is 52.7 Å². The number of aromatic hydroxyl groups is 1. The number of urea groups is 1. The van der Waals surface area contributed by atoms with Crippen LogP contribution in [0, 0.1) is 0 Å². The van der Waals surface area contributed by atoms with Crippen LogP contribution in [0.5, 0.6) is 17.2 Å². The summed E-state index contributed by atoms with van der Waals surface area (Å²) in [4.78, 5) is 19.4. The number of nitrogens with one attached hydrogen (secondary N) is 1. The number of carbonyl (C=O) groups excluding carboxylic acids is 1. The summed E-state index contributed by atoms with van der Waals surface area (Å²) in [5.41, 5.74) is 2.85. The third-order valence-corrected chi connectivity index (χ3v) is 5.95. The highest BCUT2D eigenvalue weighted by atomic mass is 16.5. The lowest BCUT2D eigenvalue weighted by atomic mass is 9.94. The zero-order chi connectivity index (χ0) is 24.9. The van der Waals surface area contributed by atoms with Gasteiger partial charge in [-0.15, -0.1) is 0 Å². The molecule has 2 N–H and O–H groups in total. The molecule has 2 heterocycles. The van der Waals surface area contributed by atoms with E-state index in [4.69, 9.17) is 14.0 Å². The van der Waals surface area contributed by atoms with Crippen LogP contribution in [0.1, 0.15) is 51.1 Å². The predicted molar refractivity (Wildman–Crippen MR) is 131 cm³/mol. The summed E-state index contributed by atoms with van der Waals surface area (Å²) in [6, 6.07) is 11.7. The zero-order valence-electron chi connectivity index (χ0n) is 20.4. The Balaban J connectivity index is 1.76. The molecule has 1 aliphatic heterocycles. The number of allylic oxidation sites excluding steroid dienone is 1. The summed E-state index contributed by atoms with van der Waals surface area (Å²) in [6.07, 6.45) is 1.80. The van der Waals surface area contributed by atoms with E-state index in [1.54, 1.807) is 23.1 Å². The standard InChI is InChI=1S/C26H30N4O5/c1-5-7-14-30-16(3)22(23(27-26(30)32)18-10-13-21(33-4)20(31)15-18)25-28-24(29-35-25)17-8-11-19(12-9-17)34-6-2/h8-13,15,23,31H,5-7,14H2,1-4H3,(H,27,32). The number of carbonyl (C=O) groups is 1. The van der Waals surface area contributed by atoms with Gasteiger partial charge in [0.2, 0.25) is 5.82 Å². The van der Waals surface area contributed by atoms with Gasteiger partial charge in [0.25, 0.3) is 5.89 Å². The number of amides is 2. The van der Waals surface area contributed by atoms with Crippen LogP contribution in [0.25, 0.3) is 17.0 Å². The van der Waals surface area contributed by atoms with Gasteiger partial charge in [0, 0.05) is 17.8 Å². The predicted octanol–water partition coefficient (Wildman–Crippen LogP) is 5.15. The highest BCUT2D eigenvalue weighted by Gasteiger charge is 2.35. The first-order chi connectivity index (χ1) is 17.0. The molecule has 4 rings (SSSR count). The molecule has 35 heavy (non-hydrogen) atoms. The summed E-state index contributed by atoms with van der Waals surface area (Å²) >= 11 is 0. The van der Waals surface area contributed by atoms with Crippen molar-refractivity contribution in [1.82, 2.24) is 20.4 Å². The SMILES string of the molecule is CCCCN1C(=O)NC(c2ccc(OC)c(O)c2)C(c2nc(-c3ccc(OCC)cc3)no2)=C1C. The van der Waals surface area contributed by atoms with Crippen molar-refractivity contribution in [3.8, 4) is 28.6 Å². The number of phenolic OH excluding ortho intramolecular Hbond substituents is 1. The molecule has 9 nitrogen and oxygen atoms in total. The van der Waals surface area contributed by atoms with E-state index in [9.17, 15) is 9.90 Å². The van der Waals surface area contributed by atoms with Gasteiger partial charge < -0.3 is 24.4 Å². The third-order valence-electron chi connectivity index (χ3n) is 5.95. The molecule has 1 aromatic heterocycles. The fourth-order valence-corrected chi connectivity index (χ4v) is 4.10. The number of methoxy groups -OCH3 is 1. The van der Waals surface area contributed by atoms with Crippen molar-refractivity contribution in [2.24, 2.45) is 0 Å². The molecule has 2 aromatic carbocycles. The molecule has 2 amide bonds. The van der Waals surface area contributed by atoms with Gasteiger partial charge in [0.05, 0.1) is 25.3 Å². The highest BCUT2D eigenvalue weighted by Crippen LogP contribution is 2.39. The highest BCUT2D eigenvalue weighted by molar-refractivity contribution is 5.87. The van der Waals surface area contributed by atoms with Crippen LogP contribution < -0.4 is 14.8 Å². The average molecular weight is 479 g/mol. The van der Waals surface area contributed by atoms with E-state index in [2.05, 4.69) is 22.4 Å². The topological polar surface area (TPSA) is 110 Å². The number of ether oxygens (including phenoxy) is 2. The number of benzene rings is 2. The van der Waals surface area contributed by atoms with Crippen LogP contribution in [0.3, 0.4) is 0 Å². The van der Waals surface area contributed by atoms with Crippen molar-refractivity contribution in [2.45, 2.75) is 39.7 Å². The van der Waals surface area contributed by atoms with Crippen LogP contribution in [-0.4, -0.2) is 46.4 Å². The maximum atomic E-state index is 13.0. The van der Waals surface area contributed by atoms with Crippen molar-refractivity contribution < 1.29 is 23.9 Å². The smallest absolute Gasteiger partial charge is 0.322 e. The van der Waals surface area contributed by atoms with Gasteiger partial charge in [-0.1, -0.05) is 24.6 Å². The number of phenols is 1. The van der Waals surface area contributed by atoms with Crippen LogP contribution >= 0.6 is 0 Å². The molecule has 0 fully saturated rings. The van der Waals surface area contributed by atoms with Gasteiger partial charge in [0.15, 0.2) is 11.5 Å². The first kappa shape index (κ1) is 24.1. The molecule has 9 heteroatoms. The lowest BCUT2D eigenvalue weighted by Gasteiger charge is -2.35. The molecule has 0 bridgehead atoms. The van der Waals surface area contributed by atoms with Gasteiger partial charge in [-0.2, -0.15) is 4.98 Å². The summed E-state index contributed by atoms with van der Waals surface area (Å²) in [7, 11) is 1.49. The summed E-state index contributed by atoms with van der Waals surface area (Å²) < 4.78 is 16.4. The number of rotatable bonds is 9. The van der Waals surface area contributed by atoms with E-state index in [-0.39, 0.29) is 11.8 Å². The Morgan fingerprint density at radius 2 is 1.94 bits per heavy atom. The Labute approximate surface area is 204 Å². The first-order valence-electron chi connectivity index (χ1n) is 11.7. The molecule has 0 saturated heterocycles. The van der Waals surface area contributed by atoms with Crippen LogP contribution in [-0.2, 0) is 0 Å². The van der Waals surface area contributed by atoms with E-state index in [0.717, 1.165) is 29.9 Å². The monoisotopic (exact) mass is 478 g/mol. The number of aromatic nitrogens is 2. The van der Waals surface area contributed by atoms with Crippen molar-refractivity contribution in [3.05, 3.63) is 59.6 Å². The van der Waals surface area contributed by atoms with Gasteiger partial charge in [-0.05, 0) is 62.2 Å².